The number of benzene rings is 1. The van der Waals surface area contributed by atoms with Crippen molar-refractivity contribution in [1.82, 2.24) is 5.32 Å². The first-order chi connectivity index (χ1) is 9.06. The summed E-state index contributed by atoms with van der Waals surface area (Å²) < 4.78 is 0. The average Bonchev–Trinajstić information content (AvgIpc) is 2.35. The van der Waals surface area contributed by atoms with E-state index in [1.54, 1.807) is 0 Å². The Labute approximate surface area is 118 Å². The predicted molar refractivity (Wildman–Crippen MR) is 83.6 cm³/mol. The zero-order valence-corrected chi connectivity index (χ0v) is 12.9. The molecule has 1 aromatic rings. The molecule has 1 nitrogen and oxygen atoms in total. The van der Waals surface area contributed by atoms with Crippen LogP contribution in [0, 0.1) is 11.8 Å². The molecule has 0 spiro atoms. The molecule has 106 valence electrons. The van der Waals surface area contributed by atoms with Gasteiger partial charge in [-0.15, -0.1) is 0 Å². The molecule has 0 aliphatic heterocycles. The Bertz CT molecular complexity index is 377. The van der Waals surface area contributed by atoms with Gasteiger partial charge in [-0.3, -0.25) is 0 Å². The maximum absolute atomic E-state index is 3.59. The lowest BCUT2D eigenvalue weighted by molar-refractivity contribution is 0.168. The van der Waals surface area contributed by atoms with E-state index in [0.717, 1.165) is 11.8 Å². The van der Waals surface area contributed by atoms with Crippen LogP contribution in [-0.4, -0.2) is 12.6 Å². The highest BCUT2D eigenvalue weighted by Crippen LogP contribution is 2.36. The average molecular weight is 259 g/mol. The molecular formula is C18H29N. The predicted octanol–water partition coefficient (Wildman–Crippen LogP) is 4.38. The van der Waals surface area contributed by atoms with Gasteiger partial charge in [-0.1, -0.05) is 52.0 Å². The Morgan fingerprint density at radius 3 is 2.11 bits per heavy atom. The summed E-state index contributed by atoms with van der Waals surface area (Å²) in [5.74, 6) is 2.43. The van der Waals surface area contributed by atoms with Gasteiger partial charge in [0.2, 0.25) is 0 Å². The van der Waals surface area contributed by atoms with Gasteiger partial charge in [-0.25, -0.2) is 0 Å². The third-order valence-electron chi connectivity index (χ3n) is 4.51. The maximum atomic E-state index is 3.59. The van der Waals surface area contributed by atoms with E-state index in [4.69, 9.17) is 0 Å². The largest absolute Gasteiger partial charge is 0.314 e. The van der Waals surface area contributed by atoms with Crippen LogP contribution in [0.25, 0.3) is 0 Å². The highest BCUT2D eigenvalue weighted by Gasteiger charge is 2.30. The maximum Gasteiger partial charge on any atom is 0.00104 e. The smallest absolute Gasteiger partial charge is 0.00104 e. The van der Waals surface area contributed by atoms with E-state index in [-0.39, 0.29) is 0 Å². The van der Waals surface area contributed by atoms with E-state index in [2.05, 4.69) is 57.3 Å². The van der Waals surface area contributed by atoms with E-state index in [1.165, 1.54) is 36.9 Å². The normalized spacial score (nSPS) is 22.8. The zero-order valence-electron chi connectivity index (χ0n) is 12.9. The first kappa shape index (κ1) is 14.6. The molecule has 2 atom stereocenters. The standard InChI is InChI=1S/C18H29N/c1-13(2)16-7-5-15(6-8-16)11-17-9-10-18(17)12-19-14(3)4/h5-8,13-14,17-19H,9-12H2,1-4H3. The van der Waals surface area contributed by atoms with Gasteiger partial charge in [-0.05, 0) is 54.7 Å². The minimum atomic E-state index is 0.617. The molecule has 0 aromatic heterocycles. The van der Waals surface area contributed by atoms with Crippen LogP contribution in [0.4, 0.5) is 0 Å². The third kappa shape index (κ3) is 4.07. The summed E-state index contributed by atoms with van der Waals surface area (Å²) in [5, 5.41) is 3.59. The lowest BCUT2D eigenvalue weighted by Crippen LogP contribution is -2.38. The van der Waals surface area contributed by atoms with Gasteiger partial charge >= 0.3 is 0 Å². The lowest BCUT2D eigenvalue weighted by Gasteiger charge is -2.37. The summed E-state index contributed by atoms with van der Waals surface area (Å²) in [6.45, 7) is 10.2. The molecule has 1 aliphatic carbocycles. The Morgan fingerprint density at radius 2 is 1.63 bits per heavy atom. The van der Waals surface area contributed by atoms with Crippen molar-refractivity contribution in [3.63, 3.8) is 0 Å². The molecule has 0 saturated heterocycles. The van der Waals surface area contributed by atoms with Gasteiger partial charge in [0.1, 0.15) is 0 Å². The minimum absolute atomic E-state index is 0.617. The number of nitrogens with one attached hydrogen (secondary N) is 1. The lowest BCUT2D eigenvalue weighted by atomic mass is 9.70. The molecule has 1 N–H and O–H groups in total. The van der Waals surface area contributed by atoms with Gasteiger partial charge in [-0.2, -0.15) is 0 Å². The zero-order chi connectivity index (χ0) is 13.8. The van der Waals surface area contributed by atoms with Gasteiger partial charge in [0.25, 0.3) is 0 Å². The van der Waals surface area contributed by atoms with Crippen LogP contribution in [-0.2, 0) is 6.42 Å². The fraction of sp³-hybridized carbons (Fsp3) is 0.667. The van der Waals surface area contributed by atoms with Gasteiger partial charge in [0, 0.05) is 6.04 Å². The minimum Gasteiger partial charge on any atom is -0.314 e. The highest BCUT2D eigenvalue weighted by atomic mass is 14.9. The van der Waals surface area contributed by atoms with E-state index < -0.39 is 0 Å². The van der Waals surface area contributed by atoms with Crippen LogP contribution in [0.3, 0.4) is 0 Å². The molecule has 19 heavy (non-hydrogen) atoms. The molecule has 2 unspecified atom stereocenters. The second kappa shape index (κ2) is 6.56. The SMILES string of the molecule is CC(C)NCC1CCC1Cc1ccc(C(C)C)cc1. The molecule has 1 heteroatoms. The van der Waals surface area contributed by atoms with Crippen molar-refractivity contribution in [3.8, 4) is 0 Å². The fourth-order valence-electron chi connectivity index (χ4n) is 2.90. The number of hydrogen-bond donors (Lipinski definition) is 1. The van der Waals surface area contributed by atoms with Crippen molar-refractivity contribution in [2.75, 3.05) is 6.54 Å². The van der Waals surface area contributed by atoms with Crippen molar-refractivity contribution in [2.45, 2.75) is 58.9 Å². The first-order valence-corrected chi connectivity index (χ1v) is 7.88. The van der Waals surface area contributed by atoms with E-state index in [1.807, 2.05) is 0 Å². The van der Waals surface area contributed by atoms with E-state index in [0.29, 0.717) is 12.0 Å². The molecular weight excluding hydrogens is 230 g/mol. The fourth-order valence-corrected chi connectivity index (χ4v) is 2.90. The molecule has 1 fully saturated rings. The first-order valence-electron chi connectivity index (χ1n) is 7.88. The topological polar surface area (TPSA) is 12.0 Å². The summed E-state index contributed by atoms with van der Waals surface area (Å²) in [6.07, 6.45) is 4.09. The second-order valence-electron chi connectivity index (χ2n) is 6.76. The van der Waals surface area contributed by atoms with Gasteiger partial charge in [0.15, 0.2) is 0 Å². The van der Waals surface area contributed by atoms with Crippen LogP contribution >= 0.6 is 0 Å². The van der Waals surface area contributed by atoms with Gasteiger partial charge in [0.05, 0.1) is 0 Å². The quantitative estimate of drug-likeness (QED) is 0.799. The van der Waals surface area contributed by atoms with Crippen molar-refractivity contribution in [1.29, 1.82) is 0 Å². The van der Waals surface area contributed by atoms with Crippen LogP contribution in [0.15, 0.2) is 24.3 Å². The van der Waals surface area contributed by atoms with Crippen molar-refractivity contribution in [3.05, 3.63) is 35.4 Å². The van der Waals surface area contributed by atoms with Crippen LogP contribution < -0.4 is 5.32 Å². The monoisotopic (exact) mass is 259 g/mol. The van der Waals surface area contributed by atoms with E-state index >= 15 is 0 Å². The summed E-state index contributed by atoms with van der Waals surface area (Å²) in [7, 11) is 0. The van der Waals surface area contributed by atoms with Crippen molar-refractivity contribution < 1.29 is 0 Å². The summed E-state index contributed by atoms with van der Waals surface area (Å²) in [4.78, 5) is 0. The van der Waals surface area contributed by atoms with Gasteiger partial charge < -0.3 is 5.32 Å². The van der Waals surface area contributed by atoms with Crippen LogP contribution in [0.1, 0.15) is 57.6 Å². The third-order valence-corrected chi connectivity index (χ3v) is 4.51. The molecule has 1 aliphatic rings. The van der Waals surface area contributed by atoms with Crippen LogP contribution in [0.2, 0.25) is 0 Å². The van der Waals surface area contributed by atoms with Crippen LogP contribution in [0.5, 0.6) is 0 Å². The van der Waals surface area contributed by atoms with Crippen molar-refractivity contribution in [2.24, 2.45) is 11.8 Å². The molecule has 0 bridgehead atoms. The second-order valence-corrected chi connectivity index (χ2v) is 6.76. The Hall–Kier alpha value is -0.820. The number of rotatable bonds is 6. The molecule has 1 saturated carbocycles. The Morgan fingerprint density at radius 1 is 1.00 bits per heavy atom. The Kier molecular flexibility index (Phi) is 5.04. The summed E-state index contributed by atoms with van der Waals surface area (Å²) >= 11 is 0. The molecule has 0 amide bonds. The molecule has 0 heterocycles. The molecule has 0 radical (unpaired) electrons. The van der Waals surface area contributed by atoms with E-state index in [9.17, 15) is 0 Å². The Balaban J connectivity index is 1.84. The molecule has 1 aromatic carbocycles. The summed E-state index contributed by atoms with van der Waals surface area (Å²) in [6, 6.07) is 9.90. The summed E-state index contributed by atoms with van der Waals surface area (Å²) in [5.41, 5.74) is 2.97. The number of hydrogen-bond acceptors (Lipinski definition) is 1. The highest BCUT2D eigenvalue weighted by molar-refractivity contribution is 5.25. The van der Waals surface area contributed by atoms with Crippen molar-refractivity contribution >= 4 is 0 Å². The molecule has 2 rings (SSSR count).